The zero-order valence-electron chi connectivity index (χ0n) is 36.9. The van der Waals surface area contributed by atoms with E-state index in [1.165, 1.54) is 22.3 Å². The average molecular weight is 815 g/mol. The Morgan fingerprint density at radius 1 is 0.583 bits per heavy atom. The van der Waals surface area contributed by atoms with Gasteiger partial charge >= 0.3 is 0 Å². The van der Waals surface area contributed by atoms with Gasteiger partial charge in [0, 0.05) is 22.9 Å². The minimum atomic E-state index is -0.0296. The maximum atomic E-state index is 10.6. The number of aromatic nitrogens is 1. The molecule has 0 saturated carbocycles. The summed E-state index contributed by atoms with van der Waals surface area (Å²) in [6.07, 6.45) is 2.43. The van der Waals surface area contributed by atoms with Gasteiger partial charge < -0.3 is 10.2 Å². The van der Waals surface area contributed by atoms with Gasteiger partial charge in [0.15, 0.2) is 6.29 Å². The normalized spacial score (nSPS) is 12.2. The quantitative estimate of drug-likeness (QED) is 0.124. The molecule has 7 rings (SSSR count). The van der Waals surface area contributed by atoms with Crippen LogP contribution in [-0.4, -0.2) is 27.7 Å². The lowest BCUT2D eigenvalue weighted by molar-refractivity contribution is 0.112. The fourth-order valence-corrected chi connectivity index (χ4v) is 7.91. The van der Waals surface area contributed by atoms with Crippen LogP contribution in [0, 0.1) is 0 Å². The molecule has 60 heavy (non-hydrogen) atoms. The van der Waals surface area contributed by atoms with E-state index >= 15 is 0 Å². The van der Waals surface area contributed by atoms with Gasteiger partial charge in [-0.3, -0.25) is 9.79 Å². The minimum absolute atomic E-state index is 0.00542. The molecule has 0 atom stereocenters. The van der Waals surface area contributed by atoms with Crippen molar-refractivity contribution in [2.24, 2.45) is 4.99 Å². The van der Waals surface area contributed by atoms with Gasteiger partial charge in [-0.2, -0.15) is 0 Å². The summed E-state index contributed by atoms with van der Waals surface area (Å²) in [4.78, 5) is 20.7. The molecule has 0 spiro atoms. The third-order valence-electron chi connectivity index (χ3n) is 10.9. The van der Waals surface area contributed by atoms with Gasteiger partial charge in [0.05, 0.1) is 21.5 Å². The summed E-state index contributed by atoms with van der Waals surface area (Å²) in [6.45, 7) is 23.9. The molecule has 7 aromatic rings. The third-order valence-corrected chi connectivity index (χ3v) is 11.9. The second kappa shape index (κ2) is 17.4. The zero-order chi connectivity index (χ0) is 43.6. The molecule has 1 heterocycles. The second-order valence-electron chi connectivity index (χ2n) is 18.9. The van der Waals surface area contributed by atoms with E-state index in [2.05, 4.69) is 143 Å². The smallest absolute Gasteiger partial charge is 0.153 e. The van der Waals surface area contributed by atoms with Gasteiger partial charge in [-0.05, 0) is 110 Å². The number of carbonyl (C=O) groups is 1. The summed E-state index contributed by atoms with van der Waals surface area (Å²) in [7, 11) is 0. The lowest BCUT2D eigenvalue weighted by Crippen LogP contribution is -2.11. The summed E-state index contributed by atoms with van der Waals surface area (Å²) >= 11 is 1.70. The van der Waals surface area contributed by atoms with Crippen LogP contribution in [0.1, 0.15) is 120 Å². The number of aliphatic imine (C=N–C) groups is 1. The molecule has 0 aliphatic carbocycles. The van der Waals surface area contributed by atoms with Gasteiger partial charge in [0.1, 0.15) is 16.5 Å². The van der Waals surface area contributed by atoms with Crippen molar-refractivity contribution in [1.82, 2.24) is 4.98 Å². The van der Waals surface area contributed by atoms with Crippen LogP contribution in [0.2, 0.25) is 0 Å². The van der Waals surface area contributed by atoms with Gasteiger partial charge in [0.2, 0.25) is 0 Å². The number of carbonyl (C=O) groups excluding carboxylic acids is 1. The van der Waals surface area contributed by atoms with Crippen LogP contribution in [0.3, 0.4) is 0 Å². The Labute approximate surface area is 360 Å². The monoisotopic (exact) mass is 814 g/mol. The van der Waals surface area contributed by atoms with Crippen LogP contribution in [0.4, 0.5) is 5.69 Å². The van der Waals surface area contributed by atoms with Crippen molar-refractivity contribution in [2.45, 2.75) is 98.3 Å². The minimum Gasteiger partial charge on any atom is -0.507 e. The highest BCUT2D eigenvalue weighted by molar-refractivity contribution is 7.21. The number of fused-ring (bicyclic) bond motifs is 1. The molecule has 2 N–H and O–H groups in total. The molecular weight excluding hydrogens is 757 g/mol. The summed E-state index contributed by atoms with van der Waals surface area (Å²) in [5, 5.41) is 20.8. The van der Waals surface area contributed by atoms with Crippen molar-refractivity contribution in [3.05, 3.63) is 155 Å². The van der Waals surface area contributed by atoms with Crippen molar-refractivity contribution in [3.8, 4) is 44.3 Å². The van der Waals surface area contributed by atoms with Crippen molar-refractivity contribution in [2.75, 3.05) is 0 Å². The van der Waals surface area contributed by atoms with E-state index in [4.69, 9.17) is 9.98 Å². The average Bonchev–Trinajstić information content (AvgIpc) is 3.64. The first-order valence-corrected chi connectivity index (χ1v) is 21.5. The number of aldehydes is 1. The topological polar surface area (TPSA) is 82.8 Å². The first-order chi connectivity index (χ1) is 28.2. The summed E-state index contributed by atoms with van der Waals surface area (Å²) in [5.74, 6) is 0.782. The first-order valence-electron chi connectivity index (χ1n) is 20.6. The molecule has 6 heteroatoms. The fourth-order valence-electron chi connectivity index (χ4n) is 6.85. The van der Waals surface area contributed by atoms with E-state index in [1.807, 2.05) is 36.4 Å². The Kier molecular flexibility index (Phi) is 12.7. The van der Waals surface area contributed by atoms with Crippen LogP contribution >= 0.6 is 11.3 Å². The van der Waals surface area contributed by atoms with E-state index in [-0.39, 0.29) is 27.7 Å². The Bertz CT molecular complexity index is 2650. The molecule has 5 nitrogen and oxygen atoms in total. The lowest BCUT2D eigenvalue weighted by atomic mass is 9.85. The molecule has 0 aliphatic heterocycles. The van der Waals surface area contributed by atoms with E-state index < -0.39 is 0 Å². The number of hydrogen-bond donors (Lipinski definition) is 2. The molecule has 0 saturated heterocycles. The van der Waals surface area contributed by atoms with Crippen LogP contribution in [0.25, 0.3) is 43.0 Å². The number of nitrogens with zero attached hydrogens (tertiary/aromatic N) is 2. The molecule has 0 fully saturated rings. The SMILES string of the molecule is CC(C)(C)c1ccc(O)c(C=O)c1.CC(C)c1ccc(-c2ccc(-c3cc(C(C)(C)C)cc4sc(-c5ccccc5N=Cc5cc(C(C)(C)C)ccc5O)nc34)cc2)cc1. The van der Waals surface area contributed by atoms with E-state index in [9.17, 15) is 15.0 Å². The second-order valence-corrected chi connectivity index (χ2v) is 20.0. The van der Waals surface area contributed by atoms with Crippen LogP contribution in [0.5, 0.6) is 11.5 Å². The molecule has 0 radical (unpaired) electrons. The zero-order valence-corrected chi connectivity index (χ0v) is 37.7. The van der Waals surface area contributed by atoms with Gasteiger partial charge in [-0.1, -0.05) is 149 Å². The van der Waals surface area contributed by atoms with Crippen molar-refractivity contribution < 1.29 is 15.0 Å². The predicted molar refractivity (Wildman–Crippen MR) is 255 cm³/mol. The Morgan fingerprint density at radius 2 is 1.10 bits per heavy atom. The largest absolute Gasteiger partial charge is 0.507 e. The van der Waals surface area contributed by atoms with Crippen LogP contribution in [-0.2, 0) is 16.2 Å². The molecule has 0 unspecified atom stereocenters. The van der Waals surface area contributed by atoms with E-state index in [0.717, 1.165) is 48.7 Å². The maximum Gasteiger partial charge on any atom is 0.153 e. The first kappa shape index (κ1) is 43.7. The number of phenols is 2. The fraction of sp³-hybridized carbons (Fsp3) is 0.278. The summed E-state index contributed by atoms with van der Waals surface area (Å²) in [6, 6.07) is 41.4. The summed E-state index contributed by atoms with van der Waals surface area (Å²) < 4.78 is 1.16. The maximum absolute atomic E-state index is 10.6. The molecule has 308 valence electrons. The van der Waals surface area contributed by atoms with Gasteiger partial charge in [0.25, 0.3) is 0 Å². The van der Waals surface area contributed by atoms with Crippen molar-refractivity contribution in [1.29, 1.82) is 0 Å². The highest BCUT2D eigenvalue weighted by Gasteiger charge is 2.21. The van der Waals surface area contributed by atoms with Crippen molar-refractivity contribution >= 4 is 39.7 Å². The van der Waals surface area contributed by atoms with E-state index in [1.54, 1.807) is 35.8 Å². The number of thiazole rings is 1. The molecule has 6 aromatic carbocycles. The Hall–Kier alpha value is -5.85. The number of phenolic OH excluding ortho intramolecular Hbond substituents is 2. The molecule has 0 aliphatic rings. The van der Waals surface area contributed by atoms with Crippen LogP contribution < -0.4 is 0 Å². The molecule has 1 aromatic heterocycles. The standard InChI is InChI=1S/C43H44N2OS.C11H14O2/c1-27(2)28-13-15-29(16-14-28)30-17-19-31(20-18-30)36-24-34(43(6,7)8)25-39-40(36)45-41(47-39)35-11-9-10-12-37(35)44-26-32-23-33(42(3,4)5)21-22-38(32)46;1-11(2,3)9-4-5-10(13)8(6-9)7-12/h9-27,46H,1-8H3;4-7,13H,1-3H3. The predicted octanol–water partition coefficient (Wildman–Crippen LogP) is 15.0. The number of hydrogen-bond acceptors (Lipinski definition) is 6. The molecule has 0 bridgehead atoms. The third kappa shape index (κ3) is 10.1. The van der Waals surface area contributed by atoms with E-state index in [0.29, 0.717) is 23.3 Å². The number of aromatic hydroxyl groups is 2. The Balaban J connectivity index is 0.000000397. The Morgan fingerprint density at radius 3 is 1.65 bits per heavy atom. The van der Waals surface area contributed by atoms with Crippen LogP contribution in [0.15, 0.2) is 126 Å². The number of para-hydroxylation sites is 1. The van der Waals surface area contributed by atoms with Crippen molar-refractivity contribution in [3.63, 3.8) is 0 Å². The highest BCUT2D eigenvalue weighted by atomic mass is 32.1. The number of benzene rings is 6. The highest BCUT2D eigenvalue weighted by Crippen LogP contribution is 2.42. The van der Waals surface area contributed by atoms with Gasteiger partial charge in [-0.25, -0.2) is 4.98 Å². The molecular formula is C54H58N2O3S. The summed E-state index contributed by atoms with van der Waals surface area (Å²) in [5.41, 5.74) is 13.4. The lowest BCUT2D eigenvalue weighted by Gasteiger charge is -2.20. The number of rotatable bonds is 7. The van der Waals surface area contributed by atoms with Gasteiger partial charge in [-0.15, -0.1) is 11.3 Å². The molecule has 0 amide bonds.